The van der Waals surface area contributed by atoms with Gasteiger partial charge >= 0.3 is 0 Å². The molecule has 7 nitrogen and oxygen atoms in total. The lowest BCUT2D eigenvalue weighted by atomic mass is 10.1. The number of carbonyl (C=O) groups is 1. The lowest BCUT2D eigenvalue weighted by Gasteiger charge is -2.22. The van der Waals surface area contributed by atoms with Crippen LogP contribution in [0.2, 0.25) is 10.0 Å². The first-order valence-corrected chi connectivity index (χ1v) is 10.5. The molecule has 3 N–H and O–H groups in total. The number of anilines is 1. The SMILES string of the molecule is C[C@@H](Oc1cc(-c2ccn([13CH]3[13CH2][13CH2][15NH][13C](=O)[13CH2]3)n2)cnc1N)c1c(Cl)ccc(F)c1Cl.Cl. The molecule has 1 aromatic carbocycles. The molecule has 3 heterocycles. The summed E-state index contributed by atoms with van der Waals surface area (Å²) in [4.78, 5) is 15.9. The number of ether oxygens (including phenoxy) is 1. The smallest absolute Gasteiger partial charge is 0.222 e. The number of piperidine rings is 1. The summed E-state index contributed by atoms with van der Waals surface area (Å²) >= 11 is 12.3. The Balaban J connectivity index is 0.00000289. The molecule has 0 aliphatic carbocycles. The van der Waals surface area contributed by atoms with E-state index in [1.807, 2.05) is 12.3 Å². The van der Waals surface area contributed by atoms with E-state index in [2.05, 4.69) is 15.4 Å². The lowest BCUT2D eigenvalue weighted by molar-refractivity contribution is -0.123. The molecule has 0 saturated carbocycles. The van der Waals surface area contributed by atoms with E-state index in [1.165, 1.54) is 12.1 Å². The van der Waals surface area contributed by atoms with E-state index in [0.717, 1.165) is 6.42 Å². The summed E-state index contributed by atoms with van der Waals surface area (Å²) in [5, 5.41) is 7.60. The zero-order valence-electron chi connectivity index (χ0n) is 17.0. The number of benzene rings is 1. The number of rotatable bonds is 5. The second kappa shape index (κ2) is 9.94. The van der Waals surface area contributed by atoms with Crippen molar-refractivity contribution < 1.29 is 13.9 Å². The number of carbonyl (C=O) groups excluding carboxylic acids is 1. The van der Waals surface area contributed by atoms with Crippen LogP contribution in [0.25, 0.3) is 11.3 Å². The minimum absolute atomic E-state index is 0. The van der Waals surface area contributed by atoms with Gasteiger partial charge in [0.05, 0.1) is 16.8 Å². The Labute approximate surface area is 200 Å². The normalized spacial score (nSPS) is 16.8. The Kier molecular flexibility index (Phi) is 7.48. The molecule has 1 saturated heterocycles. The van der Waals surface area contributed by atoms with E-state index in [9.17, 15) is 9.18 Å². The molecule has 0 bridgehead atoms. The van der Waals surface area contributed by atoms with Crippen LogP contribution in [0.3, 0.4) is 0 Å². The number of pyridine rings is 1. The highest BCUT2D eigenvalue weighted by molar-refractivity contribution is 6.36. The Hall–Kier alpha value is -2.55. The quantitative estimate of drug-likeness (QED) is 0.289. The second-order valence-electron chi connectivity index (χ2n) is 7.30. The van der Waals surface area contributed by atoms with E-state index in [-0.39, 0.29) is 40.2 Å². The van der Waals surface area contributed by atoms with Crippen molar-refractivity contribution in [3.05, 3.63) is 58.1 Å². The zero-order chi connectivity index (χ0) is 22.1. The molecule has 0 radical (unpaired) electrons. The topological polar surface area (TPSA) is 95.1 Å². The van der Waals surface area contributed by atoms with Gasteiger partial charge in [-0.2, -0.15) is 5.10 Å². The van der Waals surface area contributed by atoms with Crippen molar-refractivity contribution in [2.75, 3.05) is 12.3 Å². The minimum Gasteiger partial charge on any atom is -0.482 e. The van der Waals surface area contributed by atoms with E-state index in [1.54, 1.807) is 23.9 Å². The maximum atomic E-state index is 13.9. The van der Waals surface area contributed by atoms with E-state index < -0.39 is 11.9 Å². The fourth-order valence-electron chi connectivity index (χ4n) is 3.54. The van der Waals surface area contributed by atoms with Crippen molar-refractivity contribution in [1.82, 2.24) is 20.1 Å². The molecule has 1 aliphatic rings. The summed E-state index contributed by atoms with van der Waals surface area (Å²) in [7, 11) is 0. The van der Waals surface area contributed by atoms with Crippen LogP contribution in [-0.4, -0.2) is 27.2 Å². The van der Waals surface area contributed by atoms with Crippen LogP contribution < -0.4 is 15.8 Å². The van der Waals surface area contributed by atoms with Crippen molar-refractivity contribution in [2.45, 2.75) is 31.9 Å². The molecule has 1 fully saturated rings. The molecule has 170 valence electrons. The summed E-state index contributed by atoms with van der Waals surface area (Å²) in [5.74, 6) is -0.101. The third-order valence-corrected chi connectivity index (χ3v) is 5.88. The standard InChI is InChI=1S/C21H20Cl2FN5O2.ClH/c1-11(19-14(22)2-3-15(24)20(19)23)31-17-8-12(10-27-21(17)25)16-5-7-29(28-16)13-4-6-26-18(30)9-13;/h2-3,5,7-8,10-11,13H,4,6,9H2,1H3,(H2,25,27)(H,26,30);1H/t11-,13?;/m1./s1/i4+1,6+1,9+1,13+1,18+1,26+1;. The Bertz CT molecular complexity index is 1140. The number of hydrogen-bond acceptors (Lipinski definition) is 5. The van der Waals surface area contributed by atoms with Gasteiger partial charge in [0.15, 0.2) is 11.6 Å². The highest BCUT2D eigenvalue weighted by Crippen LogP contribution is 2.37. The zero-order valence-corrected chi connectivity index (χ0v) is 19.3. The Morgan fingerprint density at radius 1 is 1.34 bits per heavy atom. The maximum Gasteiger partial charge on any atom is 0.222 e. The molecule has 1 aliphatic heterocycles. The molecule has 32 heavy (non-hydrogen) atoms. The fraction of sp³-hybridized carbons (Fsp3) is 0.286. The Morgan fingerprint density at radius 2 is 2.12 bits per heavy atom. The van der Waals surface area contributed by atoms with Crippen molar-refractivity contribution in [3.63, 3.8) is 0 Å². The number of aromatic nitrogens is 3. The number of amides is 1. The number of nitrogens with zero attached hydrogens (tertiary/aromatic N) is 3. The van der Waals surface area contributed by atoms with E-state index >= 15 is 0 Å². The summed E-state index contributed by atoms with van der Waals surface area (Å²) < 4.78 is 21.6. The average molecular weight is 507 g/mol. The number of hydrogen-bond donors (Lipinski definition) is 2. The highest BCUT2D eigenvalue weighted by Gasteiger charge is 2.22. The lowest BCUT2D eigenvalue weighted by Crippen LogP contribution is -2.34. The largest absolute Gasteiger partial charge is 0.482 e. The molecule has 4 rings (SSSR count). The van der Waals surface area contributed by atoms with Crippen molar-refractivity contribution >= 4 is 47.3 Å². The van der Waals surface area contributed by atoms with Crippen molar-refractivity contribution in [2.24, 2.45) is 0 Å². The van der Waals surface area contributed by atoms with Gasteiger partial charge in [0.2, 0.25) is 5.91 Å². The van der Waals surface area contributed by atoms with Gasteiger partial charge in [-0.05, 0) is 37.6 Å². The number of nitrogens with two attached hydrogens (primary N) is 1. The van der Waals surface area contributed by atoms with E-state index in [4.69, 9.17) is 33.7 Å². The van der Waals surface area contributed by atoms with Crippen LogP contribution in [0.5, 0.6) is 5.75 Å². The van der Waals surface area contributed by atoms with Gasteiger partial charge in [0.1, 0.15) is 11.9 Å². The van der Waals surface area contributed by atoms with Gasteiger partial charge in [-0.25, -0.2) is 9.37 Å². The summed E-state index contributed by atoms with van der Waals surface area (Å²) in [5.41, 5.74) is 7.67. The summed E-state index contributed by atoms with van der Waals surface area (Å²) in [6.45, 7) is 2.32. The number of nitrogen functional groups attached to an aromatic ring is 1. The third kappa shape index (κ3) is 4.92. The molecular weight excluding hydrogens is 486 g/mol. The van der Waals surface area contributed by atoms with Gasteiger partial charge in [0, 0.05) is 41.5 Å². The number of nitrogens with one attached hydrogen (secondary N) is 1. The molecule has 1 unspecified atom stereocenters. The van der Waals surface area contributed by atoms with Gasteiger partial charge in [-0.15, -0.1) is 12.4 Å². The highest BCUT2D eigenvalue weighted by atomic mass is 35.5. The van der Waals surface area contributed by atoms with Gasteiger partial charge in [-0.3, -0.25) is 9.48 Å². The van der Waals surface area contributed by atoms with Crippen LogP contribution in [-0.2, 0) is 4.79 Å². The van der Waals surface area contributed by atoms with Crippen LogP contribution >= 0.6 is 35.6 Å². The predicted octanol–water partition coefficient (Wildman–Crippen LogP) is 4.99. The molecule has 3 aromatic rings. The summed E-state index contributed by atoms with van der Waals surface area (Å²) in [6.07, 6.45) is 3.96. The van der Waals surface area contributed by atoms with Gasteiger partial charge in [-0.1, -0.05) is 23.2 Å². The fourth-order valence-corrected chi connectivity index (χ4v) is 4.22. The predicted molar refractivity (Wildman–Crippen MR) is 124 cm³/mol. The maximum absolute atomic E-state index is 13.9. The molecule has 2 aromatic heterocycles. The number of halogens is 4. The monoisotopic (exact) mass is 505 g/mol. The first-order valence-electron chi connectivity index (χ1n) is 9.71. The Morgan fingerprint density at radius 3 is 2.88 bits per heavy atom. The molecule has 11 heteroatoms. The minimum atomic E-state index is -0.673. The summed E-state index contributed by atoms with van der Waals surface area (Å²) in [6, 6.07) is 6.18. The van der Waals surface area contributed by atoms with Gasteiger partial charge < -0.3 is 15.8 Å². The van der Waals surface area contributed by atoms with E-state index in [0.29, 0.717) is 35.5 Å². The van der Waals surface area contributed by atoms with Crippen LogP contribution in [0.15, 0.2) is 36.7 Å². The second-order valence-corrected chi connectivity index (χ2v) is 8.09. The van der Waals surface area contributed by atoms with Crippen molar-refractivity contribution in [1.29, 1.82) is 0 Å². The first kappa shape index (κ1) is 24.1. The molecular formula is C21H21Cl3FN5O2. The van der Waals surface area contributed by atoms with Crippen molar-refractivity contribution in [3.8, 4) is 17.0 Å². The first-order chi connectivity index (χ1) is 14.8. The molecule has 2 atom stereocenters. The molecule has 1 amide bonds. The average Bonchev–Trinajstić information content (AvgIpc) is 3.23. The van der Waals surface area contributed by atoms with Crippen LogP contribution in [0.4, 0.5) is 10.2 Å². The van der Waals surface area contributed by atoms with Crippen LogP contribution in [0, 0.1) is 5.82 Å². The van der Waals surface area contributed by atoms with Crippen LogP contribution in [0.1, 0.15) is 37.5 Å². The van der Waals surface area contributed by atoms with Gasteiger partial charge in [0.25, 0.3) is 0 Å². The third-order valence-electron chi connectivity index (χ3n) is 5.17. The molecule has 0 spiro atoms.